The molecule has 3 nitrogen and oxygen atoms in total. The summed E-state index contributed by atoms with van der Waals surface area (Å²) in [4.78, 5) is 0. The van der Waals surface area contributed by atoms with E-state index in [9.17, 15) is 15.3 Å². The molecule has 3 aromatic carbocycles. The van der Waals surface area contributed by atoms with Crippen LogP contribution in [0.25, 0.3) is 0 Å². The highest BCUT2D eigenvalue weighted by Crippen LogP contribution is 2.37. The van der Waals surface area contributed by atoms with Gasteiger partial charge in [0.1, 0.15) is 17.2 Å². The Bertz CT molecular complexity index is 1590. The number of aryl methyl sites for hydroxylation is 5. The summed E-state index contributed by atoms with van der Waals surface area (Å²) in [5.74, 6) is 1.20. The Morgan fingerprint density at radius 2 is 0.397 bits per heavy atom. The van der Waals surface area contributed by atoms with E-state index in [1.54, 1.807) is 0 Å². The van der Waals surface area contributed by atoms with Gasteiger partial charge in [0, 0.05) is 12.8 Å². The molecule has 0 radical (unpaired) electrons. The number of benzene rings is 3. The zero-order valence-electron chi connectivity index (χ0n) is 45.5. The van der Waals surface area contributed by atoms with E-state index in [-0.39, 0.29) is 0 Å². The first-order valence-corrected chi connectivity index (χ1v) is 29.9. The van der Waals surface area contributed by atoms with Crippen molar-refractivity contribution in [2.24, 2.45) is 0 Å². The van der Waals surface area contributed by atoms with Gasteiger partial charge in [0.2, 0.25) is 0 Å². The topological polar surface area (TPSA) is 60.7 Å². The third-order valence-electron chi connectivity index (χ3n) is 15.1. The van der Waals surface area contributed by atoms with E-state index < -0.39 is 0 Å². The van der Waals surface area contributed by atoms with Gasteiger partial charge in [-0.05, 0) is 114 Å². The monoisotopic (exact) mass is 937 g/mol. The molecule has 68 heavy (non-hydrogen) atoms. The fourth-order valence-corrected chi connectivity index (χ4v) is 10.7. The largest absolute Gasteiger partial charge is 0.507 e. The Labute approximate surface area is 421 Å². The van der Waals surface area contributed by atoms with Gasteiger partial charge < -0.3 is 15.3 Å². The average Bonchev–Trinajstić information content (AvgIpc) is 3.33. The van der Waals surface area contributed by atoms with E-state index in [2.05, 4.69) is 71.0 Å². The van der Waals surface area contributed by atoms with Gasteiger partial charge in [0.25, 0.3) is 0 Å². The van der Waals surface area contributed by atoms with Crippen LogP contribution in [0.15, 0.2) is 36.4 Å². The van der Waals surface area contributed by atoms with Crippen LogP contribution in [-0.4, -0.2) is 15.3 Å². The summed E-state index contributed by atoms with van der Waals surface area (Å²) in [6.07, 6.45) is 50.5. The standard InChI is InChI=1S/C65H108O3/c1-6-11-16-21-26-31-36-41-54-46-57(44-39-34-29-24-19-14-9-4)63(66)59(48-54)52-61-50-56(43-38-33-28-23-18-13-8-3)51-62(65(61)68)53-60-49-55(42-37-32-27-22-17-12-7-2)47-58(64(60)67)45-40-35-30-25-20-15-10-5/h46-51,66-68H,6-45,52-53H2,1-5H3. The Morgan fingerprint density at radius 3 is 0.632 bits per heavy atom. The molecule has 0 aliphatic heterocycles. The minimum Gasteiger partial charge on any atom is -0.507 e. The molecule has 0 aliphatic carbocycles. The zero-order chi connectivity index (χ0) is 48.9. The fraction of sp³-hybridized carbons (Fsp3) is 0.723. The first-order valence-electron chi connectivity index (χ1n) is 29.9. The van der Waals surface area contributed by atoms with Gasteiger partial charge in [-0.25, -0.2) is 0 Å². The third kappa shape index (κ3) is 25.3. The SMILES string of the molecule is CCCCCCCCCc1cc(CCCCCCCCC)c(O)c(Cc2cc(CCCCCCCCC)cc(Cc3cc(CCCCCCCCC)cc(CCCCCCCCC)c3O)c2O)c1. The second-order valence-electron chi connectivity index (χ2n) is 21.5. The average molecular weight is 938 g/mol. The van der Waals surface area contributed by atoms with Crippen LogP contribution >= 0.6 is 0 Å². The summed E-state index contributed by atoms with van der Waals surface area (Å²) in [7, 11) is 0. The van der Waals surface area contributed by atoms with Crippen LogP contribution in [0.2, 0.25) is 0 Å². The van der Waals surface area contributed by atoms with Gasteiger partial charge in [0.15, 0.2) is 0 Å². The van der Waals surface area contributed by atoms with E-state index >= 15 is 0 Å². The van der Waals surface area contributed by atoms with Crippen LogP contribution in [0, 0.1) is 0 Å². The second-order valence-corrected chi connectivity index (χ2v) is 21.5. The van der Waals surface area contributed by atoms with Crippen LogP contribution in [0.1, 0.15) is 309 Å². The van der Waals surface area contributed by atoms with Crippen molar-refractivity contribution < 1.29 is 15.3 Å². The second kappa shape index (κ2) is 38.8. The van der Waals surface area contributed by atoms with Crippen molar-refractivity contribution >= 4 is 0 Å². The number of phenolic OH excluding ortho intramolecular Hbond substituents is 3. The summed E-state index contributed by atoms with van der Waals surface area (Å²) >= 11 is 0. The normalized spacial score (nSPS) is 11.6. The molecule has 0 aromatic heterocycles. The van der Waals surface area contributed by atoms with Crippen molar-refractivity contribution in [2.45, 2.75) is 304 Å². The molecule has 3 rings (SSSR count). The summed E-state index contributed by atoms with van der Waals surface area (Å²) < 4.78 is 0. The molecule has 3 aromatic rings. The molecule has 0 atom stereocenters. The van der Waals surface area contributed by atoms with Crippen LogP contribution < -0.4 is 0 Å². The lowest BCUT2D eigenvalue weighted by Gasteiger charge is -2.18. The highest BCUT2D eigenvalue weighted by molar-refractivity contribution is 5.54. The molecule has 3 heteroatoms. The number of phenols is 3. The van der Waals surface area contributed by atoms with E-state index in [1.165, 1.54) is 222 Å². The maximum atomic E-state index is 12.4. The van der Waals surface area contributed by atoms with Crippen LogP contribution in [0.3, 0.4) is 0 Å². The fourth-order valence-electron chi connectivity index (χ4n) is 10.7. The predicted octanol–water partition coefficient (Wildman–Crippen LogP) is 20.5. The number of unbranched alkanes of at least 4 members (excludes halogenated alkanes) is 30. The molecule has 0 bridgehead atoms. The molecule has 386 valence electrons. The zero-order valence-corrected chi connectivity index (χ0v) is 45.5. The van der Waals surface area contributed by atoms with Crippen molar-refractivity contribution in [3.8, 4) is 17.2 Å². The highest BCUT2D eigenvalue weighted by Gasteiger charge is 2.19. The quantitative estimate of drug-likeness (QED) is 0.0495. The van der Waals surface area contributed by atoms with E-state index in [4.69, 9.17) is 0 Å². The maximum Gasteiger partial charge on any atom is 0.122 e. The Hall–Kier alpha value is -2.94. The highest BCUT2D eigenvalue weighted by atomic mass is 16.3. The molecule has 0 fully saturated rings. The minimum absolute atomic E-state index is 0.337. The predicted molar refractivity (Wildman–Crippen MR) is 298 cm³/mol. The molecule has 3 N–H and O–H groups in total. The first-order chi connectivity index (χ1) is 33.3. The van der Waals surface area contributed by atoms with Gasteiger partial charge in [-0.15, -0.1) is 0 Å². The Morgan fingerprint density at radius 1 is 0.221 bits per heavy atom. The van der Waals surface area contributed by atoms with Crippen molar-refractivity contribution in [3.63, 3.8) is 0 Å². The smallest absolute Gasteiger partial charge is 0.122 e. The molecule has 0 saturated heterocycles. The number of hydrogen-bond donors (Lipinski definition) is 3. The summed E-state index contributed by atoms with van der Waals surface area (Å²) in [5.41, 5.74) is 9.83. The molecule has 0 unspecified atom stereocenters. The summed E-state index contributed by atoms with van der Waals surface area (Å²) in [5, 5.41) is 36.4. The van der Waals surface area contributed by atoms with Gasteiger partial charge in [0.05, 0.1) is 0 Å². The lowest BCUT2D eigenvalue weighted by atomic mass is 9.89. The molecule has 0 amide bonds. The Balaban J connectivity index is 1.97. The van der Waals surface area contributed by atoms with Crippen molar-refractivity contribution in [2.75, 3.05) is 0 Å². The molecular weight excluding hydrogens is 829 g/mol. The van der Waals surface area contributed by atoms with Gasteiger partial charge in [-0.1, -0.05) is 264 Å². The van der Waals surface area contributed by atoms with Crippen LogP contribution in [0.5, 0.6) is 17.2 Å². The van der Waals surface area contributed by atoms with Crippen LogP contribution in [-0.2, 0) is 44.9 Å². The maximum absolute atomic E-state index is 12.4. The number of aromatic hydroxyl groups is 3. The van der Waals surface area contributed by atoms with Gasteiger partial charge in [-0.2, -0.15) is 0 Å². The van der Waals surface area contributed by atoms with E-state index in [1.807, 2.05) is 0 Å². The first kappa shape index (κ1) is 59.4. The molecule has 0 saturated carbocycles. The summed E-state index contributed by atoms with van der Waals surface area (Å²) in [6.45, 7) is 11.4. The number of hydrogen-bond acceptors (Lipinski definition) is 3. The Kier molecular flexibility index (Phi) is 33.8. The van der Waals surface area contributed by atoms with Crippen molar-refractivity contribution in [1.29, 1.82) is 0 Å². The number of rotatable bonds is 44. The molecule has 0 heterocycles. The molecule has 0 spiro atoms. The van der Waals surface area contributed by atoms with Crippen molar-refractivity contribution in [3.05, 3.63) is 86.5 Å². The van der Waals surface area contributed by atoms with Crippen LogP contribution in [0.4, 0.5) is 0 Å². The molecular formula is C65H108O3. The lowest BCUT2D eigenvalue weighted by molar-refractivity contribution is 0.452. The molecule has 0 aliphatic rings. The third-order valence-corrected chi connectivity index (χ3v) is 15.1. The van der Waals surface area contributed by atoms with Gasteiger partial charge >= 0.3 is 0 Å². The van der Waals surface area contributed by atoms with E-state index in [0.717, 1.165) is 84.7 Å². The lowest BCUT2D eigenvalue weighted by Crippen LogP contribution is -2.02. The van der Waals surface area contributed by atoms with Gasteiger partial charge in [-0.3, -0.25) is 0 Å². The van der Waals surface area contributed by atoms with E-state index in [0.29, 0.717) is 30.1 Å². The summed E-state index contributed by atoms with van der Waals surface area (Å²) in [6, 6.07) is 13.6. The minimum atomic E-state index is 0.337. The van der Waals surface area contributed by atoms with Crippen molar-refractivity contribution in [1.82, 2.24) is 0 Å².